The Morgan fingerprint density at radius 1 is 1.15 bits per heavy atom. The molecule has 0 unspecified atom stereocenters. The Hall–Kier alpha value is -1.65. The van der Waals surface area contributed by atoms with Crippen molar-refractivity contribution >= 4 is 44.7 Å². The third-order valence-corrected chi connectivity index (χ3v) is 4.77. The molecule has 0 amide bonds. The smallest absolute Gasteiger partial charge is 0.142 e. The summed E-state index contributed by atoms with van der Waals surface area (Å²) in [5.41, 5.74) is 3.33. The van der Waals surface area contributed by atoms with Crippen molar-refractivity contribution in [2.24, 2.45) is 0 Å². The van der Waals surface area contributed by atoms with Gasteiger partial charge in [-0.3, -0.25) is 0 Å². The summed E-state index contributed by atoms with van der Waals surface area (Å²) >= 11 is 7.76. The molecule has 2 aromatic heterocycles. The summed E-state index contributed by atoms with van der Waals surface area (Å²) in [5, 5.41) is 5.18. The molecule has 102 valence electrons. The van der Waals surface area contributed by atoms with E-state index in [1.165, 1.54) is 10.4 Å². The number of hydrogen-bond donors (Lipinski definition) is 1. The standard InChI is InChI=1S/C15H14ClN3S/c1-8-4-5-11(16)6-12(8)19-14-13-9(2)10(3)20-15(13)18-7-17-14/h4-7H,1-3H3,(H,17,18,19). The number of nitrogens with zero attached hydrogens (tertiary/aromatic N) is 2. The molecule has 0 saturated heterocycles. The van der Waals surface area contributed by atoms with Crippen molar-refractivity contribution in [3.63, 3.8) is 0 Å². The lowest BCUT2D eigenvalue weighted by Gasteiger charge is -2.10. The van der Waals surface area contributed by atoms with E-state index in [2.05, 4.69) is 29.1 Å². The van der Waals surface area contributed by atoms with Crippen LogP contribution < -0.4 is 5.32 Å². The molecule has 3 aromatic rings. The third kappa shape index (κ3) is 2.25. The maximum atomic E-state index is 6.07. The second-order valence-corrected chi connectivity index (χ2v) is 6.41. The van der Waals surface area contributed by atoms with Crippen LogP contribution in [0.4, 0.5) is 11.5 Å². The average Bonchev–Trinajstić information content (AvgIpc) is 2.71. The zero-order valence-electron chi connectivity index (χ0n) is 11.5. The first-order valence-electron chi connectivity index (χ1n) is 6.30. The molecule has 0 radical (unpaired) electrons. The van der Waals surface area contributed by atoms with Crippen molar-refractivity contribution in [3.8, 4) is 0 Å². The highest BCUT2D eigenvalue weighted by Gasteiger charge is 2.12. The van der Waals surface area contributed by atoms with Crippen LogP contribution in [0.15, 0.2) is 24.5 Å². The van der Waals surface area contributed by atoms with E-state index in [4.69, 9.17) is 11.6 Å². The number of nitrogens with one attached hydrogen (secondary N) is 1. The zero-order valence-corrected chi connectivity index (χ0v) is 13.1. The number of fused-ring (bicyclic) bond motifs is 1. The summed E-state index contributed by atoms with van der Waals surface area (Å²) in [4.78, 5) is 11.0. The largest absolute Gasteiger partial charge is 0.339 e. The van der Waals surface area contributed by atoms with Gasteiger partial charge in [0.2, 0.25) is 0 Å². The van der Waals surface area contributed by atoms with Crippen LogP contribution in [0.2, 0.25) is 5.02 Å². The van der Waals surface area contributed by atoms with Crippen molar-refractivity contribution in [2.75, 3.05) is 5.32 Å². The summed E-state index contributed by atoms with van der Waals surface area (Å²) in [7, 11) is 0. The number of anilines is 2. The van der Waals surface area contributed by atoms with Crippen molar-refractivity contribution in [1.29, 1.82) is 0 Å². The Morgan fingerprint density at radius 3 is 2.75 bits per heavy atom. The number of benzene rings is 1. The van der Waals surface area contributed by atoms with Gasteiger partial charge in [-0.2, -0.15) is 0 Å². The van der Waals surface area contributed by atoms with Gasteiger partial charge in [-0.25, -0.2) is 9.97 Å². The molecule has 0 saturated carbocycles. The van der Waals surface area contributed by atoms with Gasteiger partial charge >= 0.3 is 0 Å². The van der Waals surface area contributed by atoms with Crippen LogP contribution >= 0.6 is 22.9 Å². The molecule has 0 aliphatic carbocycles. The van der Waals surface area contributed by atoms with E-state index in [-0.39, 0.29) is 0 Å². The molecule has 1 N–H and O–H groups in total. The summed E-state index contributed by atoms with van der Waals surface area (Å²) in [6.45, 7) is 6.26. The van der Waals surface area contributed by atoms with E-state index in [9.17, 15) is 0 Å². The fourth-order valence-electron chi connectivity index (χ4n) is 2.13. The molecule has 20 heavy (non-hydrogen) atoms. The van der Waals surface area contributed by atoms with Crippen molar-refractivity contribution in [3.05, 3.63) is 45.6 Å². The Labute approximate surface area is 126 Å². The highest BCUT2D eigenvalue weighted by molar-refractivity contribution is 7.18. The number of rotatable bonds is 2. The van der Waals surface area contributed by atoms with Gasteiger partial charge in [0.15, 0.2) is 0 Å². The predicted molar refractivity (Wildman–Crippen MR) is 86.4 cm³/mol. The maximum Gasteiger partial charge on any atom is 0.142 e. The third-order valence-electron chi connectivity index (χ3n) is 3.42. The number of thiophene rings is 1. The molecule has 0 atom stereocenters. The van der Waals surface area contributed by atoms with Gasteiger partial charge in [-0.15, -0.1) is 11.3 Å². The lowest BCUT2D eigenvalue weighted by atomic mass is 10.2. The van der Waals surface area contributed by atoms with E-state index >= 15 is 0 Å². The Bertz CT molecular complexity index is 795. The predicted octanol–water partition coefficient (Wildman–Crippen LogP) is 5.01. The van der Waals surface area contributed by atoms with E-state index < -0.39 is 0 Å². The molecule has 5 heteroatoms. The SMILES string of the molecule is Cc1ccc(Cl)cc1Nc1ncnc2sc(C)c(C)c12. The first kappa shape index (κ1) is 13.3. The van der Waals surface area contributed by atoms with Crippen LogP contribution in [0.3, 0.4) is 0 Å². The lowest BCUT2D eigenvalue weighted by Crippen LogP contribution is -1.97. The first-order valence-corrected chi connectivity index (χ1v) is 7.49. The van der Waals surface area contributed by atoms with Gasteiger partial charge in [0.05, 0.1) is 5.39 Å². The minimum Gasteiger partial charge on any atom is -0.339 e. The fourth-order valence-corrected chi connectivity index (χ4v) is 3.30. The summed E-state index contributed by atoms with van der Waals surface area (Å²) in [6.07, 6.45) is 1.60. The summed E-state index contributed by atoms with van der Waals surface area (Å²) in [6, 6.07) is 5.80. The molecule has 0 aliphatic heterocycles. The summed E-state index contributed by atoms with van der Waals surface area (Å²) < 4.78 is 0. The van der Waals surface area contributed by atoms with E-state index in [0.717, 1.165) is 27.3 Å². The van der Waals surface area contributed by atoms with Gasteiger partial charge in [0.25, 0.3) is 0 Å². The number of halogens is 1. The molecule has 3 nitrogen and oxygen atoms in total. The number of aromatic nitrogens is 2. The molecule has 0 spiro atoms. The Balaban J connectivity index is 2.13. The van der Waals surface area contributed by atoms with Crippen molar-refractivity contribution < 1.29 is 0 Å². The van der Waals surface area contributed by atoms with Gasteiger partial charge in [0, 0.05) is 15.6 Å². The zero-order chi connectivity index (χ0) is 14.3. The average molecular weight is 304 g/mol. The topological polar surface area (TPSA) is 37.8 Å². The normalized spacial score (nSPS) is 11.0. The quantitative estimate of drug-likeness (QED) is 0.723. The van der Waals surface area contributed by atoms with Crippen molar-refractivity contribution in [1.82, 2.24) is 9.97 Å². The van der Waals surface area contributed by atoms with E-state index in [1.54, 1.807) is 17.7 Å². The second-order valence-electron chi connectivity index (χ2n) is 4.77. The highest BCUT2D eigenvalue weighted by Crippen LogP contribution is 2.34. The van der Waals surface area contributed by atoms with E-state index in [0.29, 0.717) is 5.02 Å². The van der Waals surface area contributed by atoms with E-state index in [1.807, 2.05) is 25.1 Å². The second kappa shape index (κ2) is 5.04. The molecule has 1 aromatic carbocycles. The molecule has 0 aliphatic rings. The van der Waals surface area contributed by atoms with Crippen molar-refractivity contribution in [2.45, 2.75) is 20.8 Å². The highest BCUT2D eigenvalue weighted by atomic mass is 35.5. The van der Waals surface area contributed by atoms with Gasteiger partial charge in [-0.05, 0) is 44.0 Å². The minimum atomic E-state index is 0.710. The molecule has 3 rings (SSSR count). The van der Waals surface area contributed by atoms with Gasteiger partial charge in [0.1, 0.15) is 17.0 Å². The van der Waals surface area contributed by atoms with Crippen LogP contribution in [-0.2, 0) is 0 Å². The van der Waals surface area contributed by atoms with Crippen LogP contribution in [0.1, 0.15) is 16.0 Å². The molecular formula is C15H14ClN3S. The lowest BCUT2D eigenvalue weighted by molar-refractivity contribution is 1.22. The minimum absolute atomic E-state index is 0.710. The molecule has 2 heterocycles. The number of hydrogen-bond acceptors (Lipinski definition) is 4. The molecular weight excluding hydrogens is 290 g/mol. The van der Waals surface area contributed by atoms with Gasteiger partial charge < -0.3 is 5.32 Å². The van der Waals surface area contributed by atoms with Crippen LogP contribution in [0, 0.1) is 20.8 Å². The number of aryl methyl sites for hydroxylation is 3. The van der Waals surface area contributed by atoms with Gasteiger partial charge in [-0.1, -0.05) is 17.7 Å². The Kier molecular flexibility index (Phi) is 3.36. The molecule has 0 fully saturated rings. The van der Waals surface area contributed by atoms with Crippen LogP contribution in [0.25, 0.3) is 10.2 Å². The van der Waals surface area contributed by atoms with Crippen LogP contribution in [0.5, 0.6) is 0 Å². The maximum absolute atomic E-state index is 6.07. The monoisotopic (exact) mass is 303 g/mol. The van der Waals surface area contributed by atoms with Crippen LogP contribution in [-0.4, -0.2) is 9.97 Å². The first-order chi connectivity index (χ1) is 9.56. The molecule has 0 bridgehead atoms. The summed E-state index contributed by atoms with van der Waals surface area (Å²) in [5.74, 6) is 0.835. The Morgan fingerprint density at radius 2 is 1.95 bits per heavy atom. The fraction of sp³-hybridized carbons (Fsp3) is 0.200.